The van der Waals surface area contributed by atoms with Gasteiger partial charge in [-0.3, -0.25) is 9.59 Å². The van der Waals surface area contributed by atoms with E-state index in [1.807, 2.05) is 0 Å². The lowest BCUT2D eigenvalue weighted by molar-refractivity contribution is -0.131. The van der Waals surface area contributed by atoms with Crippen LogP contribution in [0.4, 0.5) is 0 Å². The monoisotopic (exact) mass is 352 g/mol. The Morgan fingerprint density at radius 2 is 1.96 bits per heavy atom. The zero-order valence-electron chi connectivity index (χ0n) is 16.5. The maximum Gasteiger partial charge on any atom is 0.159 e. The summed E-state index contributed by atoms with van der Waals surface area (Å²) in [4.78, 5) is 24.9. The van der Waals surface area contributed by atoms with Gasteiger partial charge in [-0.05, 0) is 78.6 Å². The Hall–Kier alpha value is -1.36. The molecule has 0 aliphatic heterocycles. The van der Waals surface area contributed by atoms with Crippen molar-refractivity contribution in [2.75, 3.05) is 0 Å². The maximum atomic E-state index is 13.0. The average Bonchev–Trinajstić information content (AvgIpc) is 2.94. The second kappa shape index (κ2) is 6.08. The third-order valence-corrected chi connectivity index (χ3v) is 8.99. The first-order valence-electron chi connectivity index (χ1n) is 10.5. The van der Waals surface area contributed by atoms with E-state index in [4.69, 9.17) is 6.42 Å². The van der Waals surface area contributed by atoms with Crippen molar-refractivity contribution in [2.24, 2.45) is 40.4 Å². The van der Waals surface area contributed by atoms with Gasteiger partial charge in [-0.25, -0.2) is 0 Å². The van der Waals surface area contributed by atoms with Crippen LogP contribution in [0.1, 0.15) is 72.1 Å². The second-order valence-corrected chi connectivity index (χ2v) is 10.1. The van der Waals surface area contributed by atoms with Crippen LogP contribution in [0.25, 0.3) is 0 Å². The molecule has 0 heterocycles. The van der Waals surface area contributed by atoms with Gasteiger partial charge in [0.1, 0.15) is 0 Å². The number of rotatable bonds is 2. The van der Waals surface area contributed by atoms with E-state index >= 15 is 0 Å². The third-order valence-electron chi connectivity index (χ3n) is 8.99. The van der Waals surface area contributed by atoms with E-state index in [-0.39, 0.29) is 17.0 Å². The van der Waals surface area contributed by atoms with E-state index in [9.17, 15) is 9.59 Å². The quantitative estimate of drug-likeness (QED) is 0.657. The van der Waals surface area contributed by atoms with Crippen LogP contribution >= 0.6 is 0 Å². The van der Waals surface area contributed by atoms with Crippen LogP contribution in [-0.2, 0) is 9.59 Å². The standard InChI is InChI=1S/C24H32O2/c1-5-6-15(2)18-7-8-19-17-14-22(26)21-13-16(25)9-11-24(21,4)20(17)10-12-23(18,19)3/h1,13,15,17-20H,6-12,14H2,2-4H3. The van der Waals surface area contributed by atoms with Crippen molar-refractivity contribution in [3.8, 4) is 12.3 Å². The number of hydrogen-bond acceptors (Lipinski definition) is 2. The summed E-state index contributed by atoms with van der Waals surface area (Å²) in [7, 11) is 0. The second-order valence-electron chi connectivity index (χ2n) is 10.1. The molecule has 0 bridgehead atoms. The molecular formula is C24H32O2. The first kappa shape index (κ1) is 18.0. The van der Waals surface area contributed by atoms with Crippen LogP contribution in [0.3, 0.4) is 0 Å². The molecule has 0 aromatic heterocycles. The highest BCUT2D eigenvalue weighted by atomic mass is 16.1. The van der Waals surface area contributed by atoms with E-state index in [0.717, 1.165) is 18.4 Å². The fraction of sp³-hybridized carbons (Fsp3) is 0.750. The molecule has 3 saturated carbocycles. The molecule has 0 aromatic rings. The van der Waals surface area contributed by atoms with Gasteiger partial charge >= 0.3 is 0 Å². The summed E-state index contributed by atoms with van der Waals surface area (Å²) in [5.41, 5.74) is 1.12. The minimum atomic E-state index is -0.0717. The van der Waals surface area contributed by atoms with E-state index < -0.39 is 0 Å². The van der Waals surface area contributed by atoms with Crippen molar-refractivity contribution in [1.29, 1.82) is 0 Å². The highest BCUT2D eigenvalue weighted by Gasteiger charge is 2.60. The van der Waals surface area contributed by atoms with Crippen molar-refractivity contribution >= 4 is 11.6 Å². The van der Waals surface area contributed by atoms with Gasteiger partial charge in [0.15, 0.2) is 11.6 Å². The Balaban J connectivity index is 1.66. The lowest BCUT2D eigenvalue weighted by atomic mass is 9.46. The Bertz CT molecular complexity index is 710. The summed E-state index contributed by atoms with van der Waals surface area (Å²) < 4.78 is 0. The number of terminal acetylenes is 1. The van der Waals surface area contributed by atoms with Crippen LogP contribution in [0, 0.1) is 52.8 Å². The molecule has 2 heteroatoms. The van der Waals surface area contributed by atoms with E-state index in [1.165, 1.54) is 25.7 Å². The minimum absolute atomic E-state index is 0.0717. The van der Waals surface area contributed by atoms with Gasteiger partial charge in [0, 0.05) is 24.8 Å². The van der Waals surface area contributed by atoms with Gasteiger partial charge < -0.3 is 0 Å². The molecule has 2 nitrogen and oxygen atoms in total. The largest absolute Gasteiger partial charge is 0.295 e. The molecule has 3 fully saturated rings. The fourth-order valence-electron chi connectivity index (χ4n) is 7.69. The predicted molar refractivity (Wildman–Crippen MR) is 103 cm³/mol. The van der Waals surface area contributed by atoms with E-state index in [0.29, 0.717) is 47.8 Å². The Morgan fingerprint density at radius 3 is 2.69 bits per heavy atom. The van der Waals surface area contributed by atoms with Crippen LogP contribution in [-0.4, -0.2) is 11.6 Å². The van der Waals surface area contributed by atoms with Crippen molar-refractivity contribution in [1.82, 2.24) is 0 Å². The summed E-state index contributed by atoms with van der Waals surface area (Å²) in [6.07, 6.45) is 15.3. The molecule has 4 aliphatic rings. The average molecular weight is 353 g/mol. The zero-order chi connectivity index (χ0) is 18.7. The molecule has 0 N–H and O–H groups in total. The van der Waals surface area contributed by atoms with E-state index in [2.05, 4.69) is 26.7 Å². The summed E-state index contributed by atoms with van der Waals surface area (Å²) in [5, 5.41) is 0. The smallest absolute Gasteiger partial charge is 0.159 e. The topological polar surface area (TPSA) is 34.1 Å². The van der Waals surface area contributed by atoms with Gasteiger partial charge in [-0.1, -0.05) is 20.8 Å². The number of fused-ring (bicyclic) bond motifs is 5. The molecule has 0 aromatic carbocycles. The summed E-state index contributed by atoms with van der Waals surface area (Å²) in [5.74, 6) is 6.26. The lowest BCUT2D eigenvalue weighted by Gasteiger charge is -2.57. The Kier molecular flexibility index (Phi) is 4.22. The molecule has 7 atom stereocenters. The number of carbonyl (C=O) groups is 2. The first-order chi connectivity index (χ1) is 12.3. The van der Waals surface area contributed by atoms with E-state index in [1.54, 1.807) is 6.08 Å². The maximum absolute atomic E-state index is 13.0. The molecule has 0 saturated heterocycles. The molecule has 140 valence electrons. The summed E-state index contributed by atoms with van der Waals surface area (Å²) in [6.45, 7) is 7.09. The van der Waals surface area contributed by atoms with Crippen LogP contribution < -0.4 is 0 Å². The lowest BCUT2D eigenvalue weighted by Crippen LogP contribution is -2.53. The zero-order valence-corrected chi connectivity index (χ0v) is 16.5. The SMILES string of the molecule is C#CCC(C)C1CCC2C3CC(=O)C4=CC(=O)CCC4(C)C3CCC12C. The van der Waals surface area contributed by atoms with Crippen LogP contribution in [0.2, 0.25) is 0 Å². The van der Waals surface area contributed by atoms with Gasteiger partial charge in [-0.2, -0.15) is 0 Å². The number of carbonyl (C=O) groups excluding carboxylic acids is 2. The highest BCUT2D eigenvalue weighted by molar-refractivity contribution is 6.05. The number of hydrogen-bond donors (Lipinski definition) is 0. The van der Waals surface area contributed by atoms with Crippen molar-refractivity contribution in [2.45, 2.75) is 72.1 Å². The molecule has 0 spiro atoms. The molecule has 0 amide bonds. The molecule has 7 unspecified atom stereocenters. The highest BCUT2D eigenvalue weighted by Crippen LogP contribution is 2.67. The molecule has 0 radical (unpaired) electrons. The molecule has 4 aliphatic carbocycles. The van der Waals surface area contributed by atoms with Gasteiger partial charge in [0.25, 0.3) is 0 Å². The van der Waals surface area contributed by atoms with Crippen molar-refractivity contribution < 1.29 is 9.59 Å². The molecule has 4 rings (SSSR count). The molecular weight excluding hydrogens is 320 g/mol. The van der Waals surface area contributed by atoms with Crippen LogP contribution in [0.5, 0.6) is 0 Å². The van der Waals surface area contributed by atoms with Crippen LogP contribution in [0.15, 0.2) is 11.6 Å². The molecule has 26 heavy (non-hydrogen) atoms. The van der Waals surface area contributed by atoms with Crippen molar-refractivity contribution in [3.63, 3.8) is 0 Å². The normalized spacial score (nSPS) is 45.8. The first-order valence-corrected chi connectivity index (χ1v) is 10.5. The van der Waals surface area contributed by atoms with Gasteiger partial charge in [0.05, 0.1) is 0 Å². The fourth-order valence-corrected chi connectivity index (χ4v) is 7.69. The van der Waals surface area contributed by atoms with Gasteiger partial charge in [0.2, 0.25) is 0 Å². The number of Topliss-reactive ketones (excluding diaryl/α,β-unsaturated/α-hetero) is 1. The van der Waals surface area contributed by atoms with Crippen molar-refractivity contribution in [3.05, 3.63) is 11.6 Å². The predicted octanol–water partition coefficient (Wildman–Crippen LogP) is 4.97. The Labute approximate surface area is 158 Å². The number of ketones is 2. The van der Waals surface area contributed by atoms with Gasteiger partial charge in [-0.15, -0.1) is 12.3 Å². The summed E-state index contributed by atoms with van der Waals surface area (Å²) >= 11 is 0. The minimum Gasteiger partial charge on any atom is -0.295 e. The summed E-state index contributed by atoms with van der Waals surface area (Å²) in [6, 6.07) is 0. The number of allylic oxidation sites excluding steroid dienone is 1. The third kappa shape index (κ3) is 2.39. The Morgan fingerprint density at radius 1 is 1.19 bits per heavy atom.